The van der Waals surface area contributed by atoms with Crippen LogP contribution in [0.3, 0.4) is 0 Å². The van der Waals surface area contributed by atoms with Gasteiger partial charge in [0, 0.05) is 25.2 Å². The second kappa shape index (κ2) is 6.51. The molecule has 2 rings (SSSR count). The van der Waals surface area contributed by atoms with Crippen LogP contribution in [0.2, 0.25) is 5.02 Å². The average molecular weight is 300 g/mol. The Morgan fingerprint density at radius 1 is 1.19 bits per heavy atom. The number of rotatable bonds is 4. The minimum atomic E-state index is 0.0791. The first-order chi connectivity index (χ1) is 10.0. The van der Waals surface area contributed by atoms with Crippen molar-refractivity contribution in [3.8, 4) is 6.07 Å². The Bertz CT molecular complexity index is 674. The summed E-state index contributed by atoms with van der Waals surface area (Å²) in [6, 6.07) is 15.7. The second-order valence-electron chi connectivity index (χ2n) is 5.16. The maximum atomic E-state index is 8.99. The Kier molecular flexibility index (Phi) is 4.72. The van der Waals surface area contributed by atoms with Gasteiger partial charge in [-0.15, -0.1) is 0 Å². The molecule has 0 spiro atoms. The van der Waals surface area contributed by atoms with Crippen LogP contribution in [-0.2, 0) is 0 Å². The summed E-state index contributed by atoms with van der Waals surface area (Å²) < 4.78 is 0. The van der Waals surface area contributed by atoms with Gasteiger partial charge in [0.25, 0.3) is 0 Å². The fraction of sp³-hybridized carbons (Fsp3) is 0.235. The lowest BCUT2D eigenvalue weighted by Gasteiger charge is -2.22. The Morgan fingerprint density at radius 2 is 1.95 bits per heavy atom. The Morgan fingerprint density at radius 3 is 2.62 bits per heavy atom. The Balaban J connectivity index is 2.29. The molecule has 0 saturated carbocycles. The molecule has 0 fully saturated rings. The summed E-state index contributed by atoms with van der Waals surface area (Å²) in [5, 5.41) is 13.2. The summed E-state index contributed by atoms with van der Waals surface area (Å²) in [6.07, 6.45) is 0. The molecule has 0 aromatic heterocycles. The van der Waals surface area contributed by atoms with Crippen LogP contribution >= 0.6 is 11.6 Å². The lowest BCUT2D eigenvalue weighted by Crippen LogP contribution is -2.14. The van der Waals surface area contributed by atoms with E-state index in [0.717, 1.165) is 16.9 Å². The van der Waals surface area contributed by atoms with Crippen LogP contribution in [0.1, 0.15) is 24.1 Å². The van der Waals surface area contributed by atoms with E-state index in [1.807, 2.05) is 55.4 Å². The van der Waals surface area contributed by atoms with Gasteiger partial charge in [0.1, 0.15) is 0 Å². The molecule has 0 amide bonds. The average Bonchev–Trinajstić information content (AvgIpc) is 2.47. The first kappa shape index (κ1) is 15.2. The van der Waals surface area contributed by atoms with Gasteiger partial charge in [-0.05, 0) is 42.8 Å². The van der Waals surface area contributed by atoms with Gasteiger partial charge in [-0.1, -0.05) is 23.7 Å². The van der Waals surface area contributed by atoms with Gasteiger partial charge >= 0.3 is 0 Å². The third-order valence-corrected chi connectivity index (χ3v) is 3.56. The van der Waals surface area contributed by atoms with E-state index in [1.54, 1.807) is 6.07 Å². The Labute approximate surface area is 130 Å². The lowest BCUT2D eigenvalue weighted by molar-refractivity contribution is 0.882. The molecule has 21 heavy (non-hydrogen) atoms. The fourth-order valence-corrected chi connectivity index (χ4v) is 2.38. The molecule has 4 heteroatoms. The summed E-state index contributed by atoms with van der Waals surface area (Å²) >= 11 is 6.10. The van der Waals surface area contributed by atoms with Crippen LogP contribution in [-0.4, -0.2) is 14.1 Å². The third-order valence-electron chi connectivity index (χ3n) is 3.33. The van der Waals surface area contributed by atoms with Crippen LogP contribution < -0.4 is 10.2 Å². The lowest BCUT2D eigenvalue weighted by atomic mass is 10.1. The van der Waals surface area contributed by atoms with Crippen molar-refractivity contribution in [1.29, 1.82) is 5.26 Å². The van der Waals surface area contributed by atoms with Gasteiger partial charge < -0.3 is 10.2 Å². The zero-order valence-electron chi connectivity index (χ0n) is 12.4. The van der Waals surface area contributed by atoms with Crippen LogP contribution in [0.25, 0.3) is 0 Å². The van der Waals surface area contributed by atoms with Gasteiger partial charge in [-0.2, -0.15) is 5.26 Å². The summed E-state index contributed by atoms with van der Waals surface area (Å²) in [6.45, 7) is 2.07. The highest BCUT2D eigenvalue weighted by atomic mass is 35.5. The molecule has 0 aliphatic heterocycles. The topological polar surface area (TPSA) is 39.1 Å². The van der Waals surface area contributed by atoms with Crippen molar-refractivity contribution in [2.75, 3.05) is 24.3 Å². The zero-order valence-corrected chi connectivity index (χ0v) is 13.1. The van der Waals surface area contributed by atoms with Crippen molar-refractivity contribution in [1.82, 2.24) is 0 Å². The quantitative estimate of drug-likeness (QED) is 0.906. The standard InChI is InChI=1S/C17H18ClN3/c1-12(14-6-4-5-13(9-14)11-19)20-16-10-15(18)7-8-17(16)21(2)3/h4-10,12,20H,1-3H3. The van der Waals surface area contributed by atoms with E-state index < -0.39 is 0 Å². The van der Waals surface area contributed by atoms with Gasteiger partial charge in [-0.25, -0.2) is 0 Å². The maximum Gasteiger partial charge on any atom is 0.0991 e. The predicted molar refractivity (Wildman–Crippen MR) is 89.0 cm³/mol. The van der Waals surface area contributed by atoms with E-state index in [2.05, 4.69) is 18.3 Å². The van der Waals surface area contributed by atoms with E-state index in [-0.39, 0.29) is 6.04 Å². The predicted octanol–water partition coefficient (Wildman–Crippen LogP) is 4.45. The number of nitriles is 1. The molecule has 2 aromatic carbocycles. The number of halogens is 1. The number of benzene rings is 2. The van der Waals surface area contributed by atoms with E-state index >= 15 is 0 Å². The van der Waals surface area contributed by atoms with Gasteiger partial charge in [-0.3, -0.25) is 0 Å². The largest absolute Gasteiger partial charge is 0.377 e. The van der Waals surface area contributed by atoms with Crippen molar-refractivity contribution >= 4 is 23.0 Å². The normalized spacial score (nSPS) is 11.6. The molecule has 0 heterocycles. The summed E-state index contributed by atoms with van der Waals surface area (Å²) in [5.74, 6) is 0. The van der Waals surface area contributed by atoms with Gasteiger partial charge in [0.2, 0.25) is 0 Å². The molecule has 1 unspecified atom stereocenters. The first-order valence-electron chi connectivity index (χ1n) is 6.74. The molecule has 0 aliphatic rings. The van der Waals surface area contributed by atoms with E-state index in [9.17, 15) is 0 Å². The fourth-order valence-electron chi connectivity index (χ4n) is 2.21. The number of anilines is 2. The van der Waals surface area contributed by atoms with Crippen molar-refractivity contribution in [2.24, 2.45) is 0 Å². The van der Waals surface area contributed by atoms with Crippen LogP contribution in [0.5, 0.6) is 0 Å². The molecule has 0 aliphatic carbocycles. The molecule has 108 valence electrons. The van der Waals surface area contributed by atoms with Crippen molar-refractivity contribution < 1.29 is 0 Å². The van der Waals surface area contributed by atoms with Crippen molar-refractivity contribution in [2.45, 2.75) is 13.0 Å². The molecule has 0 radical (unpaired) electrons. The minimum Gasteiger partial charge on any atom is -0.377 e. The smallest absolute Gasteiger partial charge is 0.0991 e. The molecular formula is C17H18ClN3. The Hall–Kier alpha value is -2.18. The van der Waals surface area contributed by atoms with Crippen LogP contribution in [0.4, 0.5) is 11.4 Å². The minimum absolute atomic E-state index is 0.0791. The summed E-state index contributed by atoms with van der Waals surface area (Å²) in [4.78, 5) is 2.04. The first-order valence-corrected chi connectivity index (χ1v) is 7.12. The molecule has 2 aromatic rings. The van der Waals surface area contributed by atoms with Crippen LogP contribution in [0, 0.1) is 11.3 Å². The van der Waals surface area contributed by atoms with Gasteiger partial charge in [0.05, 0.1) is 23.0 Å². The summed E-state index contributed by atoms with van der Waals surface area (Å²) in [5.41, 5.74) is 3.78. The monoisotopic (exact) mass is 299 g/mol. The van der Waals surface area contributed by atoms with E-state index in [4.69, 9.17) is 16.9 Å². The highest BCUT2D eigenvalue weighted by Gasteiger charge is 2.11. The van der Waals surface area contributed by atoms with E-state index in [0.29, 0.717) is 10.6 Å². The molecule has 1 N–H and O–H groups in total. The second-order valence-corrected chi connectivity index (χ2v) is 5.60. The van der Waals surface area contributed by atoms with Crippen molar-refractivity contribution in [3.63, 3.8) is 0 Å². The SMILES string of the molecule is CC(Nc1cc(Cl)ccc1N(C)C)c1cccc(C#N)c1. The highest BCUT2D eigenvalue weighted by Crippen LogP contribution is 2.31. The molecule has 3 nitrogen and oxygen atoms in total. The maximum absolute atomic E-state index is 8.99. The zero-order chi connectivity index (χ0) is 15.4. The number of hydrogen-bond donors (Lipinski definition) is 1. The number of hydrogen-bond acceptors (Lipinski definition) is 3. The third kappa shape index (κ3) is 3.68. The molecule has 1 atom stereocenters. The molecule has 0 saturated heterocycles. The number of nitrogens with one attached hydrogen (secondary N) is 1. The highest BCUT2D eigenvalue weighted by molar-refractivity contribution is 6.31. The van der Waals surface area contributed by atoms with Crippen LogP contribution in [0.15, 0.2) is 42.5 Å². The summed E-state index contributed by atoms with van der Waals surface area (Å²) in [7, 11) is 3.99. The number of nitrogens with zero attached hydrogens (tertiary/aromatic N) is 2. The molecular weight excluding hydrogens is 282 g/mol. The molecule has 0 bridgehead atoms. The van der Waals surface area contributed by atoms with Gasteiger partial charge in [0.15, 0.2) is 0 Å². The van der Waals surface area contributed by atoms with E-state index in [1.165, 1.54) is 0 Å². The van der Waals surface area contributed by atoms with Crippen molar-refractivity contribution in [3.05, 3.63) is 58.6 Å².